The lowest BCUT2D eigenvalue weighted by Gasteiger charge is -2.34. The molecule has 0 aliphatic carbocycles. The summed E-state index contributed by atoms with van der Waals surface area (Å²) in [5.74, 6) is -0.626. The molecule has 142 valence electrons. The van der Waals surface area contributed by atoms with E-state index in [0.717, 1.165) is 37.9 Å². The van der Waals surface area contributed by atoms with E-state index in [9.17, 15) is 13.2 Å². The minimum atomic E-state index is -3.76. The Morgan fingerprint density at radius 1 is 1.32 bits per heavy atom. The number of nitrogens with zero attached hydrogens (tertiary/aromatic N) is 1. The zero-order chi connectivity index (χ0) is 17.7. The normalized spacial score (nSPS) is 15.7. The first-order chi connectivity index (χ1) is 11.4. The van der Waals surface area contributed by atoms with Crippen LogP contribution in [0.3, 0.4) is 0 Å². The van der Waals surface area contributed by atoms with Crippen molar-refractivity contribution in [3.05, 3.63) is 29.3 Å². The Hall–Kier alpha value is -1.15. The molecule has 0 amide bonds. The van der Waals surface area contributed by atoms with Crippen molar-refractivity contribution in [2.75, 3.05) is 26.7 Å². The largest absolute Gasteiger partial charge is 0.465 e. The second kappa shape index (κ2) is 9.52. The lowest BCUT2D eigenvalue weighted by atomic mass is 10.1. The summed E-state index contributed by atoms with van der Waals surface area (Å²) in [5, 5.41) is 3.25. The van der Waals surface area contributed by atoms with Crippen molar-refractivity contribution < 1.29 is 17.9 Å². The molecule has 0 bridgehead atoms. The Kier molecular flexibility index (Phi) is 8.34. The molecular formula is C17H27ClN2O4S. The van der Waals surface area contributed by atoms with Gasteiger partial charge in [0.15, 0.2) is 0 Å². The maximum atomic E-state index is 13.3. The number of nitrogens with one attached hydrogen (secondary N) is 1. The van der Waals surface area contributed by atoms with Gasteiger partial charge in [0, 0.05) is 12.6 Å². The van der Waals surface area contributed by atoms with Gasteiger partial charge in [0.05, 0.1) is 17.6 Å². The van der Waals surface area contributed by atoms with Crippen LogP contribution in [0, 0.1) is 6.92 Å². The number of hydrogen-bond acceptors (Lipinski definition) is 5. The Bertz CT molecular complexity index is 688. The highest BCUT2D eigenvalue weighted by molar-refractivity contribution is 7.89. The van der Waals surface area contributed by atoms with Crippen LogP contribution in [-0.4, -0.2) is 51.5 Å². The van der Waals surface area contributed by atoms with Crippen molar-refractivity contribution in [1.82, 2.24) is 9.62 Å². The number of sulfonamides is 1. The Morgan fingerprint density at radius 3 is 2.52 bits per heavy atom. The lowest BCUT2D eigenvalue weighted by Crippen LogP contribution is -2.46. The third kappa shape index (κ3) is 4.94. The number of rotatable bonds is 6. The molecule has 25 heavy (non-hydrogen) atoms. The summed E-state index contributed by atoms with van der Waals surface area (Å²) in [7, 11) is -2.50. The summed E-state index contributed by atoms with van der Waals surface area (Å²) in [4.78, 5) is 12.1. The molecule has 0 atom stereocenters. The van der Waals surface area contributed by atoms with Crippen molar-refractivity contribution in [2.45, 2.75) is 44.0 Å². The topological polar surface area (TPSA) is 75.7 Å². The highest BCUT2D eigenvalue weighted by atomic mass is 35.5. The van der Waals surface area contributed by atoms with Gasteiger partial charge in [-0.2, -0.15) is 4.31 Å². The maximum absolute atomic E-state index is 13.3. The molecule has 1 fully saturated rings. The smallest absolute Gasteiger partial charge is 0.339 e. The van der Waals surface area contributed by atoms with Gasteiger partial charge in [0.1, 0.15) is 0 Å². The van der Waals surface area contributed by atoms with Crippen LogP contribution in [0.15, 0.2) is 23.1 Å². The first kappa shape index (κ1) is 21.9. The molecular weight excluding hydrogens is 364 g/mol. The molecule has 0 spiro atoms. The number of halogens is 1. The minimum Gasteiger partial charge on any atom is -0.465 e. The van der Waals surface area contributed by atoms with Crippen molar-refractivity contribution in [1.29, 1.82) is 0 Å². The molecule has 1 aliphatic rings. The Morgan fingerprint density at radius 2 is 1.96 bits per heavy atom. The molecule has 1 heterocycles. The standard InChI is InChI=1S/C17H26N2O4S.ClH/c1-4-11-19(14-7-9-18-10-8-14)24(21,22)16-6-5-13(2)12-15(16)17(20)23-3;/h5-6,12,14,18H,4,7-11H2,1-3H3;1H. The van der Waals surface area contributed by atoms with E-state index in [2.05, 4.69) is 5.32 Å². The van der Waals surface area contributed by atoms with Crippen molar-refractivity contribution >= 4 is 28.4 Å². The summed E-state index contributed by atoms with van der Waals surface area (Å²) in [6, 6.07) is 4.76. The summed E-state index contributed by atoms with van der Waals surface area (Å²) < 4.78 is 32.9. The van der Waals surface area contributed by atoms with E-state index in [1.54, 1.807) is 16.4 Å². The molecule has 2 rings (SSSR count). The summed E-state index contributed by atoms with van der Waals surface area (Å²) in [5.41, 5.74) is 0.922. The van der Waals surface area contributed by atoms with E-state index in [4.69, 9.17) is 4.74 Å². The SMILES string of the molecule is CCCN(C1CCNCC1)S(=O)(=O)c1ccc(C)cc1C(=O)OC.Cl. The zero-order valence-electron chi connectivity index (χ0n) is 14.9. The third-order valence-electron chi connectivity index (χ3n) is 4.29. The summed E-state index contributed by atoms with van der Waals surface area (Å²) in [6.45, 7) is 5.83. The predicted molar refractivity (Wildman–Crippen MR) is 99.8 cm³/mol. The van der Waals surface area contributed by atoms with Gasteiger partial charge in [-0.1, -0.05) is 18.6 Å². The Labute approximate surface area is 156 Å². The van der Waals surface area contributed by atoms with Crippen molar-refractivity contribution in [3.63, 3.8) is 0 Å². The molecule has 8 heteroatoms. The van der Waals surface area contributed by atoms with Gasteiger partial charge in [-0.3, -0.25) is 0 Å². The molecule has 0 radical (unpaired) electrons. The number of methoxy groups -OCH3 is 1. The van der Waals surface area contributed by atoms with Crippen LogP contribution < -0.4 is 5.32 Å². The number of hydrogen-bond donors (Lipinski definition) is 1. The van der Waals surface area contributed by atoms with Crippen molar-refractivity contribution in [3.8, 4) is 0 Å². The van der Waals surface area contributed by atoms with Gasteiger partial charge in [0.25, 0.3) is 0 Å². The third-order valence-corrected chi connectivity index (χ3v) is 6.30. The summed E-state index contributed by atoms with van der Waals surface area (Å²) >= 11 is 0. The van der Waals surface area contributed by atoms with Crippen LogP contribution in [0.25, 0.3) is 0 Å². The number of ether oxygens (including phenoxy) is 1. The lowest BCUT2D eigenvalue weighted by molar-refractivity contribution is 0.0596. The van der Waals surface area contributed by atoms with E-state index >= 15 is 0 Å². The van der Waals surface area contributed by atoms with Gasteiger partial charge >= 0.3 is 5.97 Å². The maximum Gasteiger partial charge on any atom is 0.339 e. The molecule has 1 aromatic rings. The molecule has 1 N–H and O–H groups in total. The monoisotopic (exact) mass is 390 g/mol. The average molecular weight is 391 g/mol. The second-order valence-corrected chi connectivity index (χ2v) is 7.95. The van der Waals surface area contributed by atoms with Gasteiger partial charge in [-0.05, 0) is 51.4 Å². The molecule has 1 aromatic carbocycles. The quantitative estimate of drug-likeness (QED) is 0.754. The van der Waals surface area contributed by atoms with E-state index in [0.29, 0.717) is 6.54 Å². The highest BCUT2D eigenvalue weighted by Crippen LogP contribution is 2.26. The van der Waals surface area contributed by atoms with Gasteiger partial charge < -0.3 is 10.1 Å². The molecule has 6 nitrogen and oxygen atoms in total. The molecule has 1 aliphatic heterocycles. The van der Waals surface area contributed by atoms with Crippen LogP contribution >= 0.6 is 12.4 Å². The van der Waals surface area contributed by atoms with Gasteiger partial charge in [-0.25, -0.2) is 13.2 Å². The van der Waals surface area contributed by atoms with Crippen LogP contribution in [0.4, 0.5) is 0 Å². The van der Waals surface area contributed by atoms with E-state index in [1.165, 1.54) is 13.2 Å². The van der Waals surface area contributed by atoms with Gasteiger partial charge in [-0.15, -0.1) is 12.4 Å². The molecule has 0 aromatic heterocycles. The Balaban J connectivity index is 0.00000312. The molecule has 1 saturated heterocycles. The fourth-order valence-electron chi connectivity index (χ4n) is 3.08. The van der Waals surface area contributed by atoms with Crippen LogP contribution in [-0.2, 0) is 14.8 Å². The number of aryl methyl sites for hydroxylation is 1. The van der Waals surface area contributed by atoms with E-state index in [1.807, 2.05) is 13.8 Å². The van der Waals surface area contributed by atoms with E-state index in [-0.39, 0.29) is 28.9 Å². The number of carbonyl (C=O) groups is 1. The van der Waals surface area contributed by atoms with E-state index < -0.39 is 16.0 Å². The fraction of sp³-hybridized carbons (Fsp3) is 0.588. The second-order valence-electron chi connectivity index (χ2n) is 6.09. The minimum absolute atomic E-state index is 0. The predicted octanol–water partition coefficient (Wildman–Crippen LogP) is 2.36. The average Bonchev–Trinajstić information content (AvgIpc) is 2.59. The van der Waals surface area contributed by atoms with Gasteiger partial charge in [0.2, 0.25) is 10.0 Å². The van der Waals surface area contributed by atoms with Crippen molar-refractivity contribution in [2.24, 2.45) is 0 Å². The highest BCUT2D eigenvalue weighted by Gasteiger charge is 2.34. The van der Waals surface area contributed by atoms with Crippen LogP contribution in [0.2, 0.25) is 0 Å². The first-order valence-electron chi connectivity index (χ1n) is 8.33. The first-order valence-corrected chi connectivity index (χ1v) is 9.77. The molecule has 0 saturated carbocycles. The van der Waals surface area contributed by atoms with Crippen LogP contribution in [0.5, 0.6) is 0 Å². The zero-order valence-corrected chi connectivity index (χ0v) is 16.6. The van der Waals surface area contributed by atoms with Crippen LogP contribution in [0.1, 0.15) is 42.1 Å². The number of esters is 1. The summed E-state index contributed by atoms with van der Waals surface area (Å²) in [6.07, 6.45) is 2.28. The fourth-order valence-corrected chi connectivity index (χ4v) is 5.02. The molecule has 0 unspecified atom stereocenters. The number of benzene rings is 1. The number of piperidine rings is 1. The number of carbonyl (C=O) groups excluding carboxylic acids is 1.